The second-order valence-electron chi connectivity index (χ2n) is 5.01. The van der Waals surface area contributed by atoms with Crippen molar-refractivity contribution in [2.75, 3.05) is 0 Å². The SMILES string of the molecule is C[C@H](NS(=O)(=O)c1cc(C(=O)O)oc1Br)C1CCCC1. The molecule has 1 aliphatic carbocycles. The van der Waals surface area contributed by atoms with Gasteiger partial charge in [-0.05, 0) is 41.6 Å². The summed E-state index contributed by atoms with van der Waals surface area (Å²) in [5.74, 6) is -1.39. The van der Waals surface area contributed by atoms with Gasteiger partial charge in [-0.15, -0.1) is 0 Å². The van der Waals surface area contributed by atoms with Crippen LogP contribution < -0.4 is 4.72 Å². The van der Waals surface area contributed by atoms with Gasteiger partial charge in [-0.25, -0.2) is 17.9 Å². The van der Waals surface area contributed by atoms with Gasteiger partial charge in [0.1, 0.15) is 4.90 Å². The summed E-state index contributed by atoms with van der Waals surface area (Å²) in [6, 6.07) is 0.827. The maximum Gasteiger partial charge on any atom is 0.371 e. The summed E-state index contributed by atoms with van der Waals surface area (Å²) in [6.07, 6.45) is 4.26. The Hall–Kier alpha value is -0.860. The molecule has 20 heavy (non-hydrogen) atoms. The lowest BCUT2D eigenvalue weighted by molar-refractivity contribution is 0.0661. The Morgan fingerprint density at radius 3 is 2.60 bits per heavy atom. The first-order valence-electron chi connectivity index (χ1n) is 6.36. The Kier molecular flexibility index (Phi) is 4.55. The monoisotopic (exact) mass is 365 g/mol. The lowest BCUT2D eigenvalue weighted by Crippen LogP contribution is -2.37. The van der Waals surface area contributed by atoms with Crippen LogP contribution in [0.1, 0.15) is 43.2 Å². The molecule has 6 nitrogen and oxygen atoms in total. The number of carboxylic acids is 1. The molecule has 2 N–H and O–H groups in total. The maximum absolute atomic E-state index is 12.3. The molecule has 0 bridgehead atoms. The molecule has 1 aliphatic rings. The van der Waals surface area contributed by atoms with E-state index in [2.05, 4.69) is 20.7 Å². The first-order chi connectivity index (χ1) is 9.31. The van der Waals surface area contributed by atoms with Crippen LogP contribution >= 0.6 is 15.9 Å². The van der Waals surface area contributed by atoms with Gasteiger partial charge in [0.25, 0.3) is 0 Å². The van der Waals surface area contributed by atoms with Crippen molar-refractivity contribution >= 4 is 31.9 Å². The summed E-state index contributed by atoms with van der Waals surface area (Å²) in [5, 5.41) is 8.81. The highest BCUT2D eigenvalue weighted by Gasteiger charge is 2.29. The van der Waals surface area contributed by atoms with E-state index in [1.807, 2.05) is 6.92 Å². The molecule has 0 saturated heterocycles. The molecule has 0 aromatic carbocycles. The smallest absolute Gasteiger partial charge is 0.371 e. The lowest BCUT2D eigenvalue weighted by atomic mass is 10.0. The first-order valence-corrected chi connectivity index (χ1v) is 8.64. The number of carbonyl (C=O) groups is 1. The number of carboxylic acid groups (broad SMARTS) is 1. The van der Waals surface area contributed by atoms with E-state index in [0.717, 1.165) is 31.7 Å². The van der Waals surface area contributed by atoms with Gasteiger partial charge in [0.05, 0.1) is 0 Å². The minimum absolute atomic E-state index is 0.0963. The highest BCUT2D eigenvalue weighted by molar-refractivity contribution is 9.10. The van der Waals surface area contributed by atoms with Crippen molar-refractivity contribution < 1.29 is 22.7 Å². The fraction of sp³-hybridized carbons (Fsp3) is 0.583. The molecule has 8 heteroatoms. The number of rotatable bonds is 5. The highest BCUT2D eigenvalue weighted by atomic mass is 79.9. The summed E-state index contributed by atoms with van der Waals surface area (Å²) in [5.41, 5.74) is 0. The van der Waals surface area contributed by atoms with Crippen molar-refractivity contribution in [3.63, 3.8) is 0 Å². The van der Waals surface area contributed by atoms with Crippen molar-refractivity contribution in [2.45, 2.75) is 43.5 Å². The normalized spacial score (nSPS) is 18.3. The Morgan fingerprint density at radius 2 is 2.10 bits per heavy atom. The average Bonchev–Trinajstić information content (AvgIpc) is 2.96. The van der Waals surface area contributed by atoms with E-state index < -0.39 is 21.8 Å². The number of furan rings is 1. The van der Waals surface area contributed by atoms with Gasteiger partial charge in [-0.3, -0.25) is 0 Å². The summed E-state index contributed by atoms with van der Waals surface area (Å²) in [6.45, 7) is 1.83. The molecule has 1 atom stereocenters. The molecule has 0 amide bonds. The van der Waals surface area contributed by atoms with E-state index in [1.54, 1.807) is 0 Å². The molecule has 2 rings (SSSR count). The van der Waals surface area contributed by atoms with Crippen LogP contribution in [-0.2, 0) is 10.0 Å². The average molecular weight is 366 g/mol. The molecule has 0 unspecified atom stereocenters. The summed E-state index contributed by atoms with van der Waals surface area (Å²) in [7, 11) is -3.79. The minimum atomic E-state index is -3.79. The quantitative estimate of drug-likeness (QED) is 0.835. The minimum Gasteiger partial charge on any atom is -0.475 e. The third-order valence-electron chi connectivity index (χ3n) is 3.60. The van der Waals surface area contributed by atoms with Crippen molar-refractivity contribution in [3.05, 3.63) is 16.5 Å². The van der Waals surface area contributed by atoms with E-state index in [-0.39, 0.29) is 15.6 Å². The third-order valence-corrected chi connectivity index (χ3v) is 6.02. The molecule has 1 aromatic rings. The van der Waals surface area contributed by atoms with Crippen LogP contribution in [0.4, 0.5) is 0 Å². The second kappa shape index (κ2) is 5.87. The number of nitrogens with one attached hydrogen (secondary N) is 1. The number of hydrogen-bond donors (Lipinski definition) is 2. The van der Waals surface area contributed by atoms with Gasteiger partial charge >= 0.3 is 5.97 Å². The van der Waals surface area contributed by atoms with Crippen LogP contribution in [0.2, 0.25) is 0 Å². The Balaban J connectivity index is 2.19. The van der Waals surface area contributed by atoms with E-state index >= 15 is 0 Å². The molecule has 112 valence electrons. The Bertz CT molecular complexity index is 603. The van der Waals surface area contributed by atoms with E-state index in [1.165, 1.54) is 0 Å². The van der Waals surface area contributed by atoms with Gasteiger partial charge in [-0.2, -0.15) is 0 Å². The summed E-state index contributed by atoms with van der Waals surface area (Å²) < 4.78 is 31.9. The molecule has 0 spiro atoms. The predicted molar refractivity (Wildman–Crippen MR) is 75.1 cm³/mol. The fourth-order valence-corrected chi connectivity index (χ4v) is 4.75. The van der Waals surface area contributed by atoms with Crippen LogP contribution in [0.25, 0.3) is 0 Å². The first kappa shape index (κ1) is 15.5. The third kappa shape index (κ3) is 3.24. The number of aromatic carboxylic acids is 1. The van der Waals surface area contributed by atoms with Crippen molar-refractivity contribution in [3.8, 4) is 0 Å². The number of halogens is 1. The number of sulfonamides is 1. The Labute approximate surface area is 125 Å². The molecule has 0 radical (unpaired) electrons. The molecular weight excluding hydrogens is 350 g/mol. The van der Waals surface area contributed by atoms with Crippen LogP contribution in [0.15, 0.2) is 20.0 Å². The molecule has 1 aromatic heterocycles. The maximum atomic E-state index is 12.3. The predicted octanol–water partition coefficient (Wildman–Crippen LogP) is 2.60. The van der Waals surface area contributed by atoms with E-state index in [9.17, 15) is 13.2 Å². The fourth-order valence-electron chi connectivity index (χ4n) is 2.50. The Morgan fingerprint density at radius 1 is 1.50 bits per heavy atom. The van der Waals surface area contributed by atoms with Crippen LogP contribution in [0.5, 0.6) is 0 Å². The molecule has 1 fully saturated rings. The molecule has 1 heterocycles. The van der Waals surface area contributed by atoms with Gasteiger partial charge in [0.2, 0.25) is 15.8 Å². The van der Waals surface area contributed by atoms with Gasteiger partial charge in [0, 0.05) is 12.1 Å². The summed E-state index contributed by atoms with van der Waals surface area (Å²) >= 11 is 2.95. The van der Waals surface area contributed by atoms with Crippen molar-refractivity contribution in [1.82, 2.24) is 4.72 Å². The second-order valence-corrected chi connectivity index (χ2v) is 7.41. The van der Waals surface area contributed by atoms with Crippen molar-refractivity contribution in [2.24, 2.45) is 5.92 Å². The summed E-state index contributed by atoms with van der Waals surface area (Å²) in [4.78, 5) is 10.6. The standard InChI is InChI=1S/C12H16BrNO5S/c1-7(8-4-2-3-5-8)14-20(17,18)10-6-9(12(15)16)19-11(10)13/h6-8,14H,2-5H2,1H3,(H,15,16)/t7-/m0/s1. The van der Waals surface area contributed by atoms with E-state index in [4.69, 9.17) is 9.52 Å². The lowest BCUT2D eigenvalue weighted by Gasteiger charge is -2.19. The van der Waals surface area contributed by atoms with Crippen molar-refractivity contribution in [1.29, 1.82) is 0 Å². The van der Waals surface area contributed by atoms with Crippen LogP contribution in [-0.4, -0.2) is 25.5 Å². The van der Waals surface area contributed by atoms with E-state index in [0.29, 0.717) is 5.92 Å². The van der Waals surface area contributed by atoms with Crippen LogP contribution in [0, 0.1) is 5.92 Å². The largest absolute Gasteiger partial charge is 0.475 e. The zero-order chi connectivity index (χ0) is 14.9. The van der Waals surface area contributed by atoms with Gasteiger partial charge in [0.15, 0.2) is 4.67 Å². The van der Waals surface area contributed by atoms with Gasteiger partial charge in [-0.1, -0.05) is 12.8 Å². The highest BCUT2D eigenvalue weighted by Crippen LogP contribution is 2.30. The zero-order valence-corrected chi connectivity index (χ0v) is 13.3. The molecular formula is C12H16BrNO5S. The van der Waals surface area contributed by atoms with Crippen LogP contribution in [0.3, 0.4) is 0 Å². The van der Waals surface area contributed by atoms with Gasteiger partial charge < -0.3 is 9.52 Å². The topological polar surface area (TPSA) is 96.6 Å². The zero-order valence-electron chi connectivity index (χ0n) is 10.9. The molecule has 0 aliphatic heterocycles. The number of hydrogen-bond acceptors (Lipinski definition) is 4. The molecule has 1 saturated carbocycles.